The molecule has 106 valence electrons. The van der Waals surface area contributed by atoms with Gasteiger partial charge in [0.2, 0.25) is 0 Å². The Bertz CT molecular complexity index is 613. The first-order valence-electron chi connectivity index (χ1n) is 6.04. The molecule has 7 heteroatoms. The normalized spacial score (nSPS) is 10.5. The number of ether oxygens (including phenoxy) is 1. The van der Waals surface area contributed by atoms with E-state index in [2.05, 4.69) is 21.0 Å². The quantitative estimate of drug-likeness (QED) is 0.461. The molecule has 0 unspecified atom stereocenters. The minimum Gasteiger partial charge on any atom is -0.493 e. The Labute approximate surface area is 124 Å². The summed E-state index contributed by atoms with van der Waals surface area (Å²) in [6.07, 6.45) is 2.47. The lowest BCUT2D eigenvalue weighted by molar-refractivity contribution is -0.384. The van der Waals surface area contributed by atoms with Crippen molar-refractivity contribution in [2.24, 2.45) is 7.05 Å². The summed E-state index contributed by atoms with van der Waals surface area (Å²) >= 11 is 3.32. The van der Waals surface area contributed by atoms with Crippen LogP contribution < -0.4 is 4.74 Å². The van der Waals surface area contributed by atoms with Crippen LogP contribution in [-0.2, 0) is 18.8 Å². The van der Waals surface area contributed by atoms with Crippen molar-refractivity contribution in [1.29, 1.82) is 0 Å². The molecule has 6 nitrogen and oxygen atoms in total. The minimum atomic E-state index is -0.411. The van der Waals surface area contributed by atoms with Gasteiger partial charge in [0.15, 0.2) is 0 Å². The van der Waals surface area contributed by atoms with Gasteiger partial charge in [-0.25, -0.2) is 0 Å². The molecule has 1 aromatic carbocycles. The van der Waals surface area contributed by atoms with Crippen LogP contribution in [0.25, 0.3) is 0 Å². The van der Waals surface area contributed by atoms with E-state index in [1.54, 1.807) is 16.9 Å². The van der Waals surface area contributed by atoms with Crippen molar-refractivity contribution >= 4 is 21.6 Å². The van der Waals surface area contributed by atoms with Crippen LogP contribution >= 0.6 is 15.9 Å². The van der Waals surface area contributed by atoms with E-state index >= 15 is 0 Å². The Morgan fingerprint density at radius 1 is 1.45 bits per heavy atom. The summed E-state index contributed by atoms with van der Waals surface area (Å²) in [4.78, 5) is 10.3. The van der Waals surface area contributed by atoms with E-state index in [-0.39, 0.29) is 5.69 Å². The number of nitrogens with zero attached hydrogens (tertiary/aromatic N) is 3. The Balaban J connectivity index is 2.02. The summed E-state index contributed by atoms with van der Waals surface area (Å²) in [7, 11) is 1.88. The fourth-order valence-electron chi connectivity index (χ4n) is 1.84. The Morgan fingerprint density at radius 3 is 2.85 bits per heavy atom. The third-order valence-corrected chi connectivity index (χ3v) is 3.54. The standard InChI is InChI=1S/C13H14BrN3O3/c1-16-11(4-6-15-16)5-7-20-13-3-2-12(17(18)19)8-10(13)9-14/h2-4,6,8H,5,7,9H2,1H3. The van der Waals surface area contributed by atoms with Crippen molar-refractivity contribution in [3.8, 4) is 5.75 Å². The Hall–Kier alpha value is -1.89. The van der Waals surface area contributed by atoms with Crippen LogP contribution in [0, 0.1) is 10.1 Å². The maximum atomic E-state index is 10.7. The molecule has 0 amide bonds. The van der Waals surface area contributed by atoms with Gasteiger partial charge in [-0.15, -0.1) is 0 Å². The van der Waals surface area contributed by atoms with E-state index in [1.807, 2.05) is 13.1 Å². The largest absolute Gasteiger partial charge is 0.493 e. The fourth-order valence-corrected chi connectivity index (χ4v) is 2.27. The van der Waals surface area contributed by atoms with Gasteiger partial charge >= 0.3 is 0 Å². The van der Waals surface area contributed by atoms with Gasteiger partial charge in [0.25, 0.3) is 5.69 Å². The van der Waals surface area contributed by atoms with Crippen LogP contribution in [0.3, 0.4) is 0 Å². The van der Waals surface area contributed by atoms with Gasteiger partial charge in [-0.05, 0) is 12.1 Å². The van der Waals surface area contributed by atoms with E-state index in [1.165, 1.54) is 12.1 Å². The highest BCUT2D eigenvalue weighted by molar-refractivity contribution is 9.08. The third kappa shape index (κ3) is 3.36. The molecule has 0 aliphatic heterocycles. The highest BCUT2D eigenvalue weighted by atomic mass is 79.9. The maximum absolute atomic E-state index is 10.7. The summed E-state index contributed by atoms with van der Waals surface area (Å²) in [5.41, 5.74) is 1.91. The highest BCUT2D eigenvalue weighted by Crippen LogP contribution is 2.26. The number of aromatic nitrogens is 2. The van der Waals surface area contributed by atoms with Crippen LogP contribution in [0.2, 0.25) is 0 Å². The zero-order valence-electron chi connectivity index (χ0n) is 11.0. The molecule has 1 aromatic heterocycles. The first kappa shape index (κ1) is 14.5. The molecule has 0 N–H and O–H groups in total. The maximum Gasteiger partial charge on any atom is 0.270 e. The summed E-state index contributed by atoms with van der Waals surface area (Å²) in [6, 6.07) is 6.54. The van der Waals surface area contributed by atoms with E-state index < -0.39 is 4.92 Å². The average Bonchev–Trinajstić information content (AvgIpc) is 2.84. The zero-order valence-corrected chi connectivity index (χ0v) is 12.5. The summed E-state index contributed by atoms with van der Waals surface area (Å²) < 4.78 is 7.49. The number of nitro groups is 1. The van der Waals surface area contributed by atoms with Gasteiger partial charge in [0.05, 0.1) is 11.5 Å². The number of alkyl halides is 1. The van der Waals surface area contributed by atoms with E-state index in [0.717, 1.165) is 17.7 Å². The predicted octanol–water partition coefficient (Wildman–Crippen LogP) is 2.84. The van der Waals surface area contributed by atoms with Gasteiger partial charge in [0.1, 0.15) is 5.75 Å². The molecule has 0 aliphatic rings. The Kier molecular flexibility index (Phi) is 4.73. The number of aryl methyl sites for hydroxylation is 1. The van der Waals surface area contributed by atoms with Gasteiger partial charge in [-0.1, -0.05) is 15.9 Å². The van der Waals surface area contributed by atoms with Gasteiger partial charge in [0, 0.05) is 48.4 Å². The van der Waals surface area contributed by atoms with Crippen molar-refractivity contribution in [3.63, 3.8) is 0 Å². The molecular weight excluding hydrogens is 326 g/mol. The summed E-state index contributed by atoms with van der Waals surface area (Å²) in [6.45, 7) is 0.497. The lowest BCUT2D eigenvalue weighted by atomic mass is 10.2. The smallest absolute Gasteiger partial charge is 0.270 e. The number of halogens is 1. The lowest BCUT2D eigenvalue weighted by Gasteiger charge is -2.10. The third-order valence-electron chi connectivity index (χ3n) is 2.94. The van der Waals surface area contributed by atoms with Crippen molar-refractivity contribution in [3.05, 3.63) is 51.8 Å². The number of benzene rings is 1. The molecule has 0 saturated carbocycles. The summed E-state index contributed by atoms with van der Waals surface area (Å²) in [5.74, 6) is 0.662. The Morgan fingerprint density at radius 2 is 2.25 bits per heavy atom. The van der Waals surface area contributed by atoms with E-state index in [4.69, 9.17) is 4.74 Å². The highest BCUT2D eigenvalue weighted by Gasteiger charge is 2.11. The molecule has 20 heavy (non-hydrogen) atoms. The SMILES string of the molecule is Cn1nccc1CCOc1ccc([N+](=O)[O-])cc1CBr. The predicted molar refractivity (Wildman–Crippen MR) is 78.1 cm³/mol. The van der Waals surface area contributed by atoms with Crippen LogP contribution in [0.4, 0.5) is 5.69 Å². The van der Waals surface area contributed by atoms with Crippen LogP contribution in [-0.4, -0.2) is 21.3 Å². The summed E-state index contributed by atoms with van der Waals surface area (Å²) in [5, 5.41) is 15.3. The van der Waals surface area contributed by atoms with E-state index in [0.29, 0.717) is 17.7 Å². The number of rotatable bonds is 6. The van der Waals surface area contributed by atoms with Crippen LogP contribution in [0.5, 0.6) is 5.75 Å². The van der Waals surface area contributed by atoms with Crippen molar-refractivity contribution in [2.45, 2.75) is 11.8 Å². The lowest BCUT2D eigenvalue weighted by Crippen LogP contribution is -2.07. The number of non-ortho nitro benzene ring substituents is 1. The molecule has 0 aliphatic carbocycles. The van der Waals surface area contributed by atoms with Gasteiger partial charge in [-0.3, -0.25) is 14.8 Å². The number of hydrogen-bond donors (Lipinski definition) is 0. The fraction of sp³-hybridized carbons (Fsp3) is 0.308. The van der Waals surface area contributed by atoms with Gasteiger partial charge in [-0.2, -0.15) is 5.10 Å². The minimum absolute atomic E-state index is 0.0680. The second-order valence-electron chi connectivity index (χ2n) is 4.23. The molecule has 0 radical (unpaired) electrons. The molecule has 0 bridgehead atoms. The average molecular weight is 340 g/mol. The number of hydrogen-bond acceptors (Lipinski definition) is 4. The van der Waals surface area contributed by atoms with Crippen molar-refractivity contribution in [2.75, 3.05) is 6.61 Å². The molecule has 0 spiro atoms. The number of nitro benzene ring substituents is 1. The molecule has 0 fully saturated rings. The first-order chi connectivity index (χ1) is 9.61. The van der Waals surface area contributed by atoms with Gasteiger partial charge < -0.3 is 4.74 Å². The monoisotopic (exact) mass is 339 g/mol. The molecule has 0 atom stereocenters. The molecular formula is C13H14BrN3O3. The molecule has 2 rings (SSSR count). The van der Waals surface area contributed by atoms with Crippen molar-refractivity contribution < 1.29 is 9.66 Å². The molecule has 1 heterocycles. The van der Waals surface area contributed by atoms with Crippen LogP contribution in [0.1, 0.15) is 11.3 Å². The van der Waals surface area contributed by atoms with E-state index in [9.17, 15) is 10.1 Å². The second-order valence-corrected chi connectivity index (χ2v) is 4.79. The topological polar surface area (TPSA) is 70.2 Å². The molecule has 2 aromatic rings. The van der Waals surface area contributed by atoms with Crippen LogP contribution in [0.15, 0.2) is 30.5 Å². The first-order valence-corrected chi connectivity index (χ1v) is 7.17. The van der Waals surface area contributed by atoms with Crippen molar-refractivity contribution in [1.82, 2.24) is 9.78 Å². The second kappa shape index (κ2) is 6.51. The molecule has 0 saturated heterocycles. The zero-order chi connectivity index (χ0) is 14.5.